The van der Waals surface area contributed by atoms with E-state index in [4.69, 9.17) is 9.15 Å². The van der Waals surface area contributed by atoms with Gasteiger partial charge in [0.2, 0.25) is 5.91 Å². The highest BCUT2D eigenvalue weighted by Gasteiger charge is 2.14. The van der Waals surface area contributed by atoms with Crippen molar-refractivity contribution in [2.24, 2.45) is 0 Å². The molecule has 2 N–H and O–H groups in total. The molecule has 1 heterocycles. The average Bonchev–Trinajstić information content (AvgIpc) is 3.05. The highest BCUT2D eigenvalue weighted by Crippen LogP contribution is 2.23. The van der Waals surface area contributed by atoms with Crippen LogP contribution < -0.4 is 15.4 Å². The van der Waals surface area contributed by atoms with E-state index in [9.17, 15) is 9.59 Å². The lowest BCUT2D eigenvalue weighted by molar-refractivity contribution is -0.123. The van der Waals surface area contributed by atoms with Crippen LogP contribution in [0.2, 0.25) is 0 Å². The first-order valence-corrected chi connectivity index (χ1v) is 8.29. The number of para-hydroxylation sites is 1. The first-order chi connectivity index (χ1) is 12.5. The Balaban J connectivity index is 1.52. The van der Waals surface area contributed by atoms with Crippen molar-refractivity contribution in [3.63, 3.8) is 0 Å². The summed E-state index contributed by atoms with van der Waals surface area (Å²) in [6.45, 7) is 3.19. The van der Waals surface area contributed by atoms with Crippen molar-refractivity contribution in [3.05, 3.63) is 60.4 Å². The molecule has 0 spiro atoms. The van der Waals surface area contributed by atoms with E-state index in [1.54, 1.807) is 24.3 Å². The van der Waals surface area contributed by atoms with Gasteiger partial charge in [0.1, 0.15) is 17.1 Å². The topological polar surface area (TPSA) is 80.6 Å². The number of carbonyl (C=O) groups excluding carboxylic acids is 2. The molecule has 6 nitrogen and oxygen atoms in total. The second-order valence-corrected chi connectivity index (χ2v) is 5.97. The van der Waals surface area contributed by atoms with Crippen LogP contribution in [-0.4, -0.2) is 18.4 Å². The van der Waals surface area contributed by atoms with E-state index in [-0.39, 0.29) is 24.5 Å². The fraction of sp³-hybridized carbons (Fsp3) is 0.200. The van der Waals surface area contributed by atoms with Gasteiger partial charge in [-0.1, -0.05) is 18.2 Å². The Hall–Kier alpha value is -3.28. The maximum Gasteiger partial charge on any atom is 0.258 e. The van der Waals surface area contributed by atoms with Gasteiger partial charge in [-0.15, -0.1) is 0 Å². The molecule has 1 atom stereocenters. The van der Waals surface area contributed by atoms with Gasteiger partial charge in [-0.3, -0.25) is 9.59 Å². The monoisotopic (exact) mass is 352 g/mol. The third kappa shape index (κ3) is 4.42. The molecule has 3 rings (SSSR count). The molecule has 2 amide bonds. The zero-order valence-corrected chi connectivity index (χ0v) is 14.6. The van der Waals surface area contributed by atoms with Gasteiger partial charge in [0.25, 0.3) is 5.91 Å². The van der Waals surface area contributed by atoms with Crippen LogP contribution in [0.5, 0.6) is 5.75 Å². The highest BCUT2D eigenvalue weighted by atomic mass is 16.5. The summed E-state index contributed by atoms with van der Waals surface area (Å²) in [7, 11) is 0. The van der Waals surface area contributed by atoms with Crippen molar-refractivity contribution >= 4 is 28.5 Å². The first kappa shape index (κ1) is 17.5. The summed E-state index contributed by atoms with van der Waals surface area (Å²) < 4.78 is 11.2. The van der Waals surface area contributed by atoms with E-state index in [1.165, 1.54) is 6.92 Å². The number of hydrogen-bond donors (Lipinski definition) is 2. The van der Waals surface area contributed by atoms with E-state index in [2.05, 4.69) is 10.6 Å². The van der Waals surface area contributed by atoms with Crippen molar-refractivity contribution in [2.45, 2.75) is 19.9 Å². The van der Waals surface area contributed by atoms with E-state index in [1.807, 2.05) is 37.3 Å². The molecule has 0 aliphatic rings. The number of benzene rings is 2. The lowest BCUT2D eigenvalue weighted by atomic mass is 10.2. The second-order valence-electron chi connectivity index (χ2n) is 5.97. The van der Waals surface area contributed by atoms with Gasteiger partial charge in [-0.25, -0.2) is 0 Å². The molecule has 0 saturated heterocycles. The van der Waals surface area contributed by atoms with Gasteiger partial charge >= 0.3 is 0 Å². The van der Waals surface area contributed by atoms with Crippen LogP contribution in [0.3, 0.4) is 0 Å². The van der Waals surface area contributed by atoms with Crippen LogP contribution in [0.4, 0.5) is 5.69 Å². The Labute approximate surface area is 151 Å². The lowest BCUT2D eigenvalue weighted by Crippen LogP contribution is -2.31. The van der Waals surface area contributed by atoms with Gasteiger partial charge in [0.05, 0.1) is 6.04 Å². The molecule has 1 aromatic heterocycles. The van der Waals surface area contributed by atoms with E-state index >= 15 is 0 Å². The molecule has 1 unspecified atom stereocenters. The molecular weight excluding hydrogens is 332 g/mol. The predicted molar refractivity (Wildman–Crippen MR) is 99.0 cm³/mol. The number of carbonyl (C=O) groups is 2. The number of anilines is 1. The maximum atomic E-state index is 12.1. The molecule has 6 heteroatoms. The number of fused-ring (bicyclic) bond motifs is 1. The van der Waals surface area contributed by atoms with E-state index in [0.29, 0.717) is 17.2 Å². The summed E-state index contributed by atoms with van der Waals surface area (Å²) in [5.74, 6) is 0.853. The number of nitrogens with one attached hydrogen (secondary N) is 2. The van der Waals surface area contributed by atoms with Crippen LogP contribution in [0, 0.1) is 0 Å². The highest BCUT2D eigenvalue weighted by molar-refractivity contribution is 5.88. The largest absolute Gasteiger partial charge is 0.484 e. The first-order valence-electron chi connectivity index (χ1n) is 8.29. The van der Waals surface area contributed by atoms with Crippen LogP contribution >= 0.6 is 0 Å². The Morgan fingerprint density at radius 1 is 1.12 bits per heavy atom. The van der Waals surface area contributed by atoms with Crippen molar-refractivity contribution < 1.29 is 18.7 Å². The van der Waals surface area contributed by atoms with Crippen LogP contribution in [0.15, 0.2) is 59.0 Å². The van der Waals surface area contributed by atoms with Crippen molar-refractivity contribution in [1.29, 1.82) is 0 Å². The quantitative estimate of drug-likeness (QED) is 0.710. The Morgan fingerprint density at radius 2 is 1.85 bits per heavy atom. The van der Waals surface area contributed by atoms with Gasteiger partial charge in [-0.05, 0) is 43.3 Å². The van der Waals surface area contributed by atoms with Gasteiger partial charge in [-0.2, -0.15) is 0 Å². The molecule has 0 radical (unpaired) electrons. The lowest BCUT2D eigenvalue weighted by Gasteiger charge is -2.12. The third-order valence-corrected chi connectivity index (χ3v) is 3.79. The fourth-order valence-corrected chi connectivity index (χ4v) is 2.56. The SMILES string of the molecule is CC(=O)Nc1ccc(OCC(=O)NC(C)c2cc3ccccc3o2)cc1. The molecule has 134 valence electrons. The molecule has 2 aromatic carbocycles. The summed E-state index contributed by atoms with van der Waals surface area (Å²) in [5, 5.41) is 6.52. The van der Waals surface area contributed by atoms with Gasteiger partial charge in [0.15, 0.2) is 6.61 Å². The Bertz CT molecular complexity index is 882. The van der Waals surface area contributed by atoms with Gasteiger partial charge < -0.3 is 19.8 Å². The summed E-state index contributed by atoms with van der Waals surface area (Å²) >= 11 is 0. The predicted octanol–water partition coefficient (Wildman–Crippen LogP) is 3.65. The summed E-state index contributed by atoms with van der Waals surface area (Å²) in [4.78, 5) is 23.1. The average molecular weight is 352 g/mol. The summed E-state index contributed by atoms with van der Waals surface area (Å²) in [6, 6.07) is 16.2. The molecule has 0 bridgehead atoms. The number of rotatable bonds is 6. The van der Waals surface area contributed by atoms with Crippen LogP contribution in [-0.2, 0) is 9.59 Å². The van der Waals surface area contributed by atoms with Gasteiger partial charge in [0, 0.05) is 18.0 Å². The fourth-order valence-electron chi connectivity index (χ4n) is 2.56. The smallest absolute Gasteiger partial charge is 0.258 e. The second kappa shape index (κ2) is 7.74. The van der Waals surface area contributed by atoms with Crippen LogP contribution in [0.25, 0.3) is 11.0 Å². The molecule has 3 aromatic rings. The minimum absolute atomic E-state index is 0.107. The zero-order chi connectivity index (χ0) is 18.5. The zero-order valence-electron chi connectivity index (χ0n) is 14.6. The minimum atomic E-state index is -0.263. The van der Waals surface area contributed by atoms with E-state index < -0.39 is 0 Å². The Kier molecular flexibility index (Phi) is 5.22. The number of ether oxygens (including phenoxy) is 1. The maximum absolute atomic E-state index is 12.1. The van der Waals surface area contributed by atoms with Crippen molar-refractivity contribution in [1.82, 2.24) is 5.32 Å². The number of amides is 2. The van der Waals surface area contributed by atoms with Crippen LogP contribution in [0.1, 0.15) is 25.6 Å². The standard InChI is InChI=1S/C20H20N2O4/c1-13(19-11-15-5-3-4-6-18(15)26-19)21-20(24)12-25-17-9-7-16(8-10-17)22-14(2)23/h3-11,13H,12H2,1-2H3,(H,21,24)(H,22,23). The normalized spacial score (nSPS) is 11.8. The summed E-state index contributed by atoms with van der Waals surface area (Å²) in [6.07, 6.45) is 0. The Morgan fingerprint density at radius 3 is 2.54 bits per heavy atom. The third-order valence-electron chi connectivity index (χ3n) is 3.79. The molecule has 26 heavy (non-hydrogen) atoms. The molecule has 0 aliphatic carbocycles. The summed E-state index contributed by atoms with van der Waals surface area (Å²) in [5.41, 5.74) is 1.46. The molecular formula is C20H20N2O4. The minimum Gasteiger partial charge on any atom is -0.484 e. The van der Waals surface area contributed by atoms with Crippen molar-refractivity contribution in [3.8, 4) is 5.75 Å². The van der Waals surface area contributed by atoms with Crippen molar-refractivity contribution in [2.75, 3.05) is 11.9 Å². The van der Waals surface area contributed by atoms with E-state index in [0.717, 1.165) is 11.0 Å². The molecule has 0 saturated carbocycles. The molecule has 0 aliphatic heterocycles. The number of hydrogen-bond acceptors (Lipinski definition) is 4. The number of furan rings is 1. The molecule has 0 fully saturated rings.